The third-order valence-corrected chi connectivity index (χ3v) is 13.8. The summed E-state index contributed by atoms with van der Waals surface area (Å²) in [5.74, 6) is 1.79. The van der Waals surface area contributed by atoms with E-state index >= 15 is 0 Å². The zero-order valence-electron chi connectivity index (χ0n) is 37.8. The maximum atomic E-state index is 6.71. The van der Waals surface area contributed by atoms with Gasteiger partial charge >= 0.3 is 0 Å². The molecule has 0 saturated heterocycles. The Kier molecular flexibility index (Phi) is 9.14. The summed E-state index contributed by atoms with van der Waals surface area (Å²) >= 11 is 0. The van der Waals surface area contributed by atoms with E-state index in [-0.39, 0.29) is 0 Å². The van der Waals surface area contributed by atoms with Crippen molar-refractivity contribution in [3.05, 3.63) is 243 Å². The minimum absolute atomic E-state index is 0.583. The molecule has 3 aromatic heterocycles. The van der Waals surface area contributed by atoms with Crippen molar-refractivity contribution in [1.82, 2.24) is 19.5 Å². The molecule has 0 aliphatic carbocycles. The van der Waals surface area contributed by atoms with Gasteiger partial charge in [0.1, 0.15) is 11.2 Å². The van der Waals surface area contributed by atoms with Gasteiger partial charge in [-0.05, 0) is 97.9 Å². The molecule has 14 aromatic rings. The number of para-hydroxylation sites is 1. The first kappa shape index (κ1) is 39.7. The lowest BCUT2D eigenvalue weighted by molar-refractivity contribution is 0.669. The maximum absolute atomic E-state index is 6.71. The first-order valence-corrected chi connectivity index (χ1v) is 23.7. The molecule has 0 fully saturated rings. The van der Waals surface area contributed by atoms with Crippen molar-refractivity contribution >= 4 is 65.3 Å². The average molecular weight is 893 g/mol. The second-order valence-corrected chi connectivity index (χ2v) is 17.9. The van der Waals surface area contributed by atoms with Crippen LogP contribution in [0.25, 0.3) is 139 Å². The summed E-state index contributed by atoms with van der Waals surface area (Å²) in [6, 6.07) is 85.9. The molecule has 0 atom stereocenters. The molecule has 5 nitrogen and oxygen atoms in total. The lowest BCUT2D eigenvalue weighted by atomic mass is 9.94. The fraction of sp³-hybridized carbons (Fsp3) is 0. The molecule has 326 valence electrons. The topological polar surface area (TPSA) is 56.7 Å². The van der Waals surface area contributed by atoms with Crippen LogP contribution in [-0.2, 0) is 0 Å². The summed E-state index contributed by atoms with van der Waals surface area (Å²) in [6.07, 6.45) is 0. The second-order valence-electron chi connectivity index (χ2n) is 17.9. The standard InChI is InChI=1S/C65H40N4O/c1-3-14-41(15-4-1)42-26-28-43(29-27-42)44-30-32-47(33-31-44)64-66-63(46-17-5-2-6-18-46)67-65(68-64)50-34-36-57(69-56-24-12-11-22-52(56)54-38-48-19-7-8-20-49(48)40-58(54)69)55(39-50)53-23-13-25-59-62(53)61-51-21-10-9-16-45(51)35-37-60(61)70-59/h1-40H. The van der Waals surface area contributed by atoms with Gasteiger partial charge in [-0.2, -0.15) is 0 Å². The minimum Gasteiger partial charge on any atom is -0.456 e. The van der Waals surface area contributed by atoms with Crippen LogP contribution in [0.3, 0.4) is 0 Å². The lowest BCUT2D eigenvalue weighted by Gasteiger charge is -2.17. The Morgan fingerprint density at radius 2 is 0.800 bits per heavy atom. The number of hydrogen-bond acceptors (Lipinski definition) is 4. The predicted molar refractivity (Wildman–Crippen MR) is 289 cm³/mol. The van der Waals surface area contributed by atoms with Crippen LogP contribution in [0.5, 0.6) is 0 Å². The molecule has 0 saturated carbocycles. The molecule has 5 heteroatoms. The van der Waals surface area contributed by atoms with Crippen molar-refractivity contribution in [3.63, 3.8) is 0 Å². The molecular formula is C65H40N4O. The fourth-order valence-electron chi connectivity index (χ4n) is 10.5. The Labute approximate surface area is 403 Å². The van der Waals surface area contributed by atoms with E-state index in [4.69, 9.17) is 19.4 Å². The number of furan rings is 1. The smallest absolute Gasteiger partial charge is 0.164 e. The van der Waals surface area contributed by atoms with E-state index in [1.807, 2.05) is 24.3 Å². The zero-order chi connectivity index (χ0) is 46.1. The molecule has 0 aliphatic heterocycles. The van der Waals surface area contributed by atoms with E-state index in [1.165, 1.54) is 32.7 Å². The van der Waals surface area contributed by atoms with Gasteiger partial charge < -0.3 is 8.98 Å². The summed E-state index contributed by atoms with van der Waals surface area (Å²) in [5, 5.41) is 9.27. The highest BCUT2D eigenvalue weighted by molar-refractivity contribution is 6.23. The first-order chi connectivity index (χ1) is 34.7. The number of rotatable bonds is 7. The molecule has 3 heterocycles. The molecule has 0 unspecified atom stereocenters. The van der Waals surface area contributed by atoms with Gasteiger partial charge in [0.25, 0.3) is 0 Å². The van der Waals surface area contributed by atoms with Gasteiger partial charge in [0.05, 0.1) is 16.7 Å². The zero-order valence-corrected chi connectivity index (χ0v) is 37.8. The van der Waals surface area contributed by atoms with Crippen LogP contribution in [0.2, 0.25) is 0 Å². The number of fused-ring (bicyclic) bond motifs is 9. The lowest BCUT2D eigenvalue weighted by Crippen LogP contribution is -2.02. The quantitative estimate of drug-likeness (QED) is 0.160. The number of aromatic nitrogens is 4. The first-order valence-electron chi connectivity index (χ1n) is 23.7. The molecular weight excluding hydrogens is 853 g/mol. The van der Waals surface area contributed by atoms with Crippen LogP contribution in [0, 0.1) is 0 Å². The number of benzene rings is 11. The molecule has 14 rings (SSSR count). The van der Waals surface area contributed by atoms with Crippen molar-refractivity contribution < 1.29 is 4.42 Å². The Morgan fingerprint density at radius 3 is 1.50 bits per heavy atom. The van der Waals surface area contributed by atoms with E-state index in [1.54, 1.807) is 0 Å². The Morgan fingerprint density at radius 1 is 0.286 bits per heavy atom. The monoisotopic (exact) mass is 892 g/mol. The average Bonchev–Trinajstić information content (AvgIpc) is 3.98. The van der Waals surface area contributed by atoms with Crippen LogP contribution in [0.1, 0.15) is 0 Å². The van der Waals surface area contributed by atoms with Crippen LogP contribution < -0.4 is 0 Å². The van der Waals surface area contributed by atoms with Crippen molar-refractivity contribution in [1.29, 1.82) is 0 Å². The number of nitrogens with zero attached hydrogens (tertiary/aromatic N) is 4. The molecule has 70 heavy (non-hydrogen) atoms. The van der Waals surface area contributed by atoms with E-state index < -0.39 is 0 Å². The van der Waals surface area contributed by atoms with E-state index in [0.717, 1.165) is 88.4 Å². The third-order valence-electron chi connectivity index (χ3n) is 13.8. The SMILES string of the molecule is c1ccc(-c2ccc(-c3ccc(-c4nc(-c5ccccc5)nc(-c5ccc(-n6c7ccccc7c7cc8ccccc8cc76)c(-c6cccc7oc8ccc9ccccc9c8c67)c5)n4)cc3)cc2)cc1. The fourth-order valence-corrected chi connectivity index (χ4v) is 10.5. The maximum Gasteiger partial charge on any atom is 0.164 e. The molecule has 0 N–H and O–H groups in total. The second kappa shape index (κ2) is 16.1. The van der Waals surface area contributed by atoms with Crippen LogP contribution in [0.4, 0.5) is 0 Å². The van der Waals surface area contributed by atoms with Crippen molar-refractivity contribution in [2.45, 2.75) is 0 Å². The van der Waals surface area contributed by atoms with Crippen LogP contribution >= 0.6 is 0 Å². The highest BCUT2D eigenvalue weighted by Crippen LogP contribution is 2.45. The van der Waals surface area contributed by atoms with E-state index in [0.29, 0.717) is 17.5 Å². The summed E-state index contributed by atoms with van der Waals surface area (Å²) in [6.45, 7) is 0. The summed E-state index contributed by atoms with van der Waals surface area (Å²) in [7, 11) is 0. The van der Waals surface area contributed by atoms with Gasteiger partial charge in [0, 0.05) is 43.8 Å². The van der Waals surface area contributed by atoms with Gasteiger partial charge in [-0.1, -0.05) is 194 Å². The third kappa shape index (κ3) is 6.59. The Balaban J connectivity index is 0.986. The molecule has 11 aromatic carbocycles. The van der Waals surface area contributed by atoms with Crippen LogP contribution in [-0.4, -0.2) is 19.5 Å². The molecule has 0 amide bonds. The summed E-state index contributed by atoms with van der Waals surface area (Å²) in [4.78, 5) is 15.7. The van der Waals surface area contributed by atoms with E-state index in [9.17, 15) is 0 Å². The minimum atomic E-state index is 0.583. The predicted octanol–water partition coefficient (Wildman–Crippen LogP) is 17.2. The van der Waals surface area contributed by atoms with Gasteiger partial charge in [-0.3, -0.25) is 0 Å². The molecule has 0 aliphatic rings. The van der Waals surface area contributed by atoms with E-state index in [2.05, 4.69) is 223 Å². The van der Waals surface area contributed by atoms with Crippen molar-refractivity contribution in [2.75, 3.05) is 0 Å². The number of hydrogen-bond donors (Lipinski definition) is 0. The summed E-state index contributed by atoms with van der Waals surface area (Å²) in [5.41, 5.74) is 14.4. The molecule has 0 bridgehead atoms. The van der Waals surface area contributed by atoms with Crippen LogP contribution in [0.15, 0.2) is 247 Å². The van der Waals surface area contributed by atoms with Crippen molar-refractivity contribution in [3.8, 4) is 73.2 Å². The van der Waals surface area contributed by atoms with Gasteiger partial charge in [0.2, 0.25) is 0 Å². The highest BCUT2D eigenvalue weighted by Gasteiger charge is 2.23. The summed E-state index contributed by atoms with van der Waals surface area (Å²) < 4.78 is 9.14. The van der Waals surface area contributed by atoms with Gasteiger partial charge in [-0.15, -0.1) is 0 Å². The Bertz CT molecular complexity index is 4330. The highest BCUT2D eigenvalue weighted by atomic mass is 16.3. The van der Waals surface area contributed by atoms with Crippen molar-refractivity contribution in [2.24, 2.45) is 0 Å². The normalized spacial score (nSPS) is 11.7. The largest absolute Gasteiger partial charge is 0.456 e. The molecule has 0 spiro atoms. The Hall–Kier alpha value is -9.45. The van der Waals surface area contributed by atoms with Gasteiger partial charge in [-0.25, -0.2) is 15.0 Å². The molecule has 0 radical (unpaired) electrons. The van der Waals surface area contributed by atoms with Gasteiger partial charge in [0.15, 0.2) is 17.5 Å².